The summed E-state index contributed by atoms with van der Waals surface area (Å²) in [5.41, 5.74) is 6.20. The topological polar surface area (TPSA) is 75.0 Å². The lowest BCUT2D eigenvalue weighted by molar-refractivity contribution is 0.217. The van der Waals surface area contributed by atoms with E-state index in [1.165, 1.54) is 6.42 Å². The number of hydrogen-bond donors (Lipinski definition) is 2. The lowest BCUT2D eigenvalue weighted by Crippen LogP contribution is -2.57. The van der Waals surface area contributed by atoms with Crippen LogP contribution in [0.3, 0.4) is 0 Å². The molecule has 16 heavy (non-hydrogen) atoms. The van der Waals surface area contributed by atoms with Crippen LogP contribution in [0.5, 0.6) is 0 Å². The Labute approximate surface area is 93.7 Å². The van der Waals surface area contributed by atoms with Crippen LogP contribution in [0.1, 0.15) is 19.3 Å². The number of anilines is 1. The second-order valence-electron chi connectivity index (χ2n) is 5.10. The molecule has 1 aromatic rings. The van der Waals surface area contributed by atoms with Gasteiger partial charge in [0.25, 0.3) is 5.56 Å². The normalized spacial score (nSPS) is 27.1. The molecule has 86 valence electrons. The minimum Gasteiger partial charge on any atom is -0.351 e. The molecule has 5 heteroatoms. The van der Waals surface area contributed by atoms with Gasteiger partial charge in [-0.05, 0) is 19.3 Å². The van der Waals surface area contributed by atoms with Crippen LogP contribution in [-0.2, 0) is 0 Å². The SMILES string of the molecule is N[C@@H]1CCC2(C1)CN(c1ncc[nH]c1=O)C2. The number of H-pyrrole nitrogens is 1. The molecule has 2 aliphatic rings. The standard InChI is InChI=1S/C11H16N4O/c12-8-1-2-11(5-8)6-15(7-11)9-10(16)14-4-3-13-9/h3-4,8H,1-2,5-7,12H2,(H,14,16)/t8-/m1/s1. The van der Waals surface area contributed by atoms with Crippen molar-refractivity contribution in [3.8, 4) is 0 Å². The fraction of sp³-hybridized carbons (Fsp3) is 0.636. The van der Waals surface area contributed by atoms with Crippen molar-refractivity contribution in [2.45, 2.75) is 25.3 Å². The number of nitrogens with zero attached hydrogens (tertiary/aromatic N) is 2. The van der Waals surface area contributed by atoms with E-state index in [4.69, 9.17) is 5.73 Å². The smallest absolute Gasteiger partial charge is 0.290 e. The van der Waals surface area contributed by atoms with Crippen LogP contribution in [0.15, 0.2) is 17.2 Å². The van der Waals surface area contributed by atoms with E-state index in [2.05, 4.69) is 14.9 Å². The largest absolute Gasteiger partial charge is 0.351 e. The number of aromatic amines is 1. The summed E-state index contributed by atoms with van der Waals surface area (Å²) in [5, 5.41) is 0. The average Bonchev–Trinajstić information content (AvgIpc) is 2.60. The van der Waals surface area contributed by atoms with Crippen molar-refractivity contribution in [2.24, 2.45) is 11.1 Å². The fourth-order valence-electron chi connectivity index (χ4n) is 3.02. The molecule has 1 atom stereocenters. The van der Waals surface area contributed by atoms with Gasteiger partial charge >= 0.3 is 0 Å². The van der Waals surface area contributed by atoms with E-state index < -0.39 is 0 Å². The van der Waals surface area contributed by atoms with Gasteiger partial charge in [-0.15, -0.1) is 0 Å². The van der Waals surface area contributed by atoms with E-state index in [0.717, 1.165) is 25.9 Å². The van der Waals surface area contributed by atoms with E-state index in [0.29, 0.717) is 17.3 Å². The maximum atomic E-state index is 11.5. The van der Waals surface area contributed by atoms with Crippen LogP contribution in [0.4, 0.5) is 5.82 Å². The van der Waals surface area contributed by atoms with Crippen LogP contribution in [0.25, 0.3) is 0 Å². The van der Waals surface area contributed by atoms with Gasteiger partial charge in [-0.1, -0.05) is 0 Å². The Morgan fingerprint density at radius 2 is 2.38 bits per heavy atom. The molecule has 1 aliphatic carbocycles. The number of nitrogens with one attached hydrogen (secondary N) is 1. The van der Waals surface area contributed by atoms with E-state index in [1.54, 1.807) is 12.4 Å². The van der Waals surface area contributed by atoms with Crippen LogP contribution in [0.2, 0.25) is 0 Å². The Balaban J connectivity index is 1.74. The molecule has 0 aromatic carbocycles. The molecule has 3 N–H and O–H groups in total. The Bertz CT molecular complexity index is 449. The molecule has 1 aromatic heterocycles. The molecule has 0 amide bonds. The highest BCUT2D eigenvalue weighted by Crippen LogP contribution is 2.45. The van der Waals surface area contributed by atoms with Gasteiger partial charge in [-0.3, -0.25) is 4.79 Å². The molecule has 2 fully saturated rings. The van der Waals surface area contributed by atoms with Crippen LogP contribution in [0, 0.1) is 5.41 Å². The molecule has 0 unspecified atom stereocenters. The number of aromatic nitrogens is 2. The van der Waals surface area contributed by atoms with Crippen molar-refractivity contribution in [3.05, 3.63) is 22.7 Å². The Hall–Kier alpha value is -1.36. The monoisotopic (exact) mass is 220 g/mol. The molecule has 0 radical (unpaired) electrons. The zero-order valence-electron chi connectivity index (χ0n) is 9.15. The van der Waals surface area contributed by atoms with Crippen molar-refractivity contribution in [1.82, 2.24) is 9.97 Å². The first-order chi connectivity index (χ1) is 7.69. The molecule has 1 spiro atoms. The zero-order valence-corrected chi connectivity index (χ0v) is 9.15. The summed E-state index contributed by atoms with van der Waals surface area (Å²) in [4.78, 5) is 20.4. The van der Waals surface area contributed by atoms with Gasteiger partial charge in [0.15, 0.2) is 5.82 Å². The Morgan fingerprint density at radius 3 is 3.00 bits per heavy atom. The summed E-state index contributed by atoms with van der Waals surface area (Å²) in [6.45, 7) is 1.86. The van der Waals surface area contributed by atoms with Gasteiger partial charge in [-0.2, -0.15) is 0 Å². The van der Waals surface area contributed by atoms with E-state index in [9.17, 15) is 4.79 Å². The van der Waals surface area contributed by atoms with Crippen LogP contribution < -0.4 is 16.2 Å². The Morgan fingerprint density at radius 1 is 1.56 bits per heavy atom. The highest BCUT2D eigenvalue weighted by atomic mass is 16.1. The zero-order chi connectivity index (χ0) is 11.2. The molecule has 2 heterocycles. The summed E-state index contributed by atoms with van der Waals surface area (Å²) in [5.74, 6) is 0.550. The van der Waals surface area contributed by atoms with Gasteiger partial charge in [0.1, 0.15) is 0 Å². The molecule has 1 saturated heterocycles. The average molecular weight is 220 g/mol. The number of rotatable bonds is 1. The lowest BCUT2D eigenvalue weighted by atomic mass is 9.78. The van der Waals surface area contributed by atoms with Crippen molar-refractivity contribution in [2.75, 3.05) is 18.0 Å². The van der Waals surface area contributed by atoms with Crippen molar-refractivity contribution in [1.29, 1.82) is 0 Å². The first-order valence-corrected chi connectivity index (χ1v) is 5.73. The summed E-state index contributed by atoms with van der Waals surface area (Å²) >= 11 is 0. The third kappa shape index (κ3) is 1.43. The Kier molecular flexibility index (Phi) is 2.04. The number of nitrogens with two attached hydrogens (primary N) is 1. The van der Waals surface area contributed by atoms with Gasteiger partial charge < -0.3 is 15.6 Å². The maximum absolute atomic E-state index is 11.5. The molecule has 0 bridgehead atoms. The molecule has 5 nitrogen and oxygen atoms in total. The molecule has 3 rings (SSSR count). The first kappa shape index (κ1) is 9.84. The van der Waals surface area contributed by atoms with E-state index in [1.807, 2.05) is 0 Å². The summed E-state index contributed by atoms with van der Waals surface area (Å²) in [6.07, 6.45) is 6.59. The highest BCUT2D eigenvalue weighted by molar-refractivity contribution is 5.41. The van der Waals surface area contributed by atoms with Gasteiger partial charge in [0.2, 0.25) is 0 Å². The molecular formula is C11H16N4O. The number of hydrogen-bond acceptors (Lipinski definition) is 4. The highest BCUT2D eigenvalue weighted by Gasteiger charge is 2.48. The fourth-order valence-corrected chi connectivity index (χ4v) is 3.02. The van der Waals surface area contributed by atoms with Gasteiger partial charge in [0.05, 0.1) is 0 Å². The lowest BCUT2D eigenvalue weighted by Gasteiger charge is -2.48. The van der Waals surface area contributed by atoms with Crippen molar-refractivity contribution < 1.29 is 0 Å². The first-order valence-electron chi connectivity index (χ1n) is 5.73. The summed E-state index contributed by atoms with van der Waals surface area (Å²) in [7, 11) is 0. The van der Waals surface area contributed by atoms with Gasteiger partial charge in [0, 0.05) is 36.9 Å². The molecule has 1 aliphatic heterocycles. The molecular weight excluding hydrogens is 204 g/mol. The predicted molar refractivity (Wildman–Crippen MR) is 61.3 cm³/mol. The van der Waals surface area contributed by atoms with E-state index in [-0.39, 0.29) is 5.56 Å². The van der Waals surface area contributed by atoms with Crippen LogP contribution >= 0.6 is 0 Å². The van der Waals surface area contributed by atoms with Crippen molar-refractivity contribution in [3.63, 3.8) is 0 Å². The predicted octanol–water partition coefficient (Wildman–Crippen LogP) is 0.0875. The minimum atomic E-state index is -0.0976. The van der Waals surface area contributed by atoms with Crippen LogP contribution in [-0.4, -0.2) is 29.1 Å². The van der Waals surface area contributed by atoms with E-state index >= 15 is 0 Å². The van der Waals surface area contributed by atoms with Gasteiger partial charge in [-0.25, -0.2) is 4.98 Å². The second kappa shape index (κ2) is 3.31. The third-order valence-electron chi connectivity index (χ3n) is 3.78. The van der Waals surface area contributed by atoms with Crippen molar-refractivity contribution >= 4 is 5.82 Å². The summed E-state index contributed by atoms with van der Waals surface area (Å²) < 4.78 is 0. The quantitative estimate of drug-likeness (QED) is 0.703. The minimum absolute atomic E-state index is 0.0976. The summed E-state index contributed by atoms with van der Waals surface area (Å²) in [6, 6.07) is 0.351. The maximum Gasteiger partial charge on any atom is 0.290 e. The molecule has 1 saturated carbocycles. The second-order valence-corrected chi connectivity index (χ2v) is 5.10. The third-order valence-corrected chi connectivity index (χ3v) is 3.78.